The van der Waals surface area contributed by atoms with Crippen molar-refractivity contribution in [3.8, 4) is 12.3 Å². The Bertz CT molecular complexity index is 157. The van der Waals surface area contributed by atoms with Gasteiger partial charge in [0.15, 0.2) is 0 Å². The molecule has 1 saturated heterocycles. The van der Waals surface area contributed by atoms with E-state index in [2.05, 4.69) is 17.7 Å². The molecule has 1 rings (SSSR count). The number of terminal acetylenes is 1. The van der Waals surface area contributed by atoms with Crippen molar-refractivity contribution in [2.24, 2.45) is 5.92 Å². The summed E-state index contributed by atoms with van der Waals surface area (Å²) in [5.74, 6) is 3.68. The van der Waals surface area contributed by atoms with Gasteiger partial charge in [0.1, 0.15) is 0 Å². The summed E-state index contributed by atoms with van der Waals surface area (Å²) in [6.07, 6.45) is 10.7. The fourth-order valence-corrected chi connectivity index (χ4v) is 1.92. The van der Waals surface area contributed by atoms with E-state index in [0.29, 0.717) is 0 Å². The summed E-state index contributed by atoms with van der Waals surface area (Å²) in [5.41, 5.74) is 0. The Hall–Kier alpha value is -0.480. The molecule has 0 saturated carbocycles. The molecule has 1 heterocycles. The van der Waals surface area contributed by atoms with Gasteiger partial charge in [0.25, 0.3) is 0 Å². The minimum absolute atomic E-state index is 0.844. The minimum atomic E-state index is 0.844. The molecule has 1 atom stereocenters. The topological polar surface area (TPSA) is 3.24 Å². The second kappa shape index (κ2) is 5.22. The van der Waals surface area contributed by atoms with E-state index in [-0.39, 0.29) is 0 Å². The van der Waals surface area contributed by atoms with Crippen LogP contribution >= 0.6 is 0 Å². The standard InChI is InChI=1S/C11H19N/c1-3-8-12-9-5-6-11(4-2)7-10-12/h1,11H,4-10H2,2H3. The molecule has 1 unspecified atom stereocenters. The van der Waals surface area contributed by atoms with Gasteiger partial charge < -0.3 is 0 Å². The molecule has 1 heteroatoms. The van der Waals surface area contributed by atoms with Gasteiger partial charge in [-0.25, -0.2) is 0 Å². The summed E-state index contributed by atoms with van der Waals surface area (Å²) < 4.78 is 0. The molecule has 0 amide bonds. The molecule has 0 aromatic carbocycles. The molecule has 68 valence electrons. The summed E-state index contributed by atoms with van der Waals surface area (Å²) >= 11 is 0. The van der Waals surface area contributed by atoms with Crippen LogP contribution < -0.4 is 0 Å². The quantitative estimate of drug-likeness (QED) is 0.567. The van der Waals surface area contributed by atoms with Crippen LogP contribution in [0, 0.1) is 18.3 Å². The molecule has 0 aliphatic carbocycles. The van der Waals surface area contributed by atoms with E-state index in [0.717, 1.165) is 12.5 Å². The zero-order valence-electron chi connectivity index (χ0n) is 8.05. The normalized spacial score (nSPS) is 26.2. The second-order valence-electron chi connectivity index (χ2n) is 3.69. The summed E-state index contributed by atoms with van der Waals surface area (Å²) in [7, 11) is 0. The third-order valence-electron chi connectivity index (χ3n) is 2.83. The van der Waals surface area contributed by atoms with Gasteiger partial charge in [0.05, 0.1) is 6.54 Å². The first kappa shape index (κ1) is 9.61. The lowest BCUT2D eigenvalue weighted by atomic mass is 9.98. The fourth-order valence-electron chi connectivity index (χ4n) is 1.92. The van der Waals surface area contributed by atoms with E-state index in [1.807, 2.05) is 0 Å². The highest BCUT2D eigenvalue weighted by atomic mass is 15.1. The van der Waals surface area contributed by atoms with Crippen molar-refractivity contribution >= 4 is 0 Å². The number of likely N-dealkylation sites (tertiary alicyclic amines) is 1. The number of hydrogen-bond donors (Lipinski definition) is 0. The van der Waals surface area contributed by atoms with E-state index in [4.69, 9.17) is 6.42 Å². The first-order valence-electron chi connectivity index (χ1n) is 5.02. The predicted molar refractivity (Wildman–Crippen MR) is 52.9 cm³/mol. The highest BCUT2D eigenvalue weighted by Gasteiger charge is 2.14. The molecular weight excluding hydrogens is 146 g/mol. The maximum Gasteiger partial charge on any atom is 0.0598 e. The maximum absolute atomic E-state index is 5.29. The van der Waals surface area contributed by atoms with Gasteiger partial charge in [-0.1, -0.05) is 19.3 Å². The van der Waals surface area contributed by atoms with Crippen LogP contribution in [0.3, 0.4) is 0 Å². The molecule has 0 N–H and O–H groups in total. The zero-order chi connectivity index (χ0) is 8.81. The van der Waals surface area contributed by atoms with Gasteiger partial charge in [0.2, 0.25) is 0 Å². The maximum atomic E-state index is 5.29. The molecule has 0 spiro atoms. The highest BCUT2D eigenvalue weighted by Crippen LogP contribution is 2.19. The first-order valence-corrected chi connectivity index (χ1v) is 5.02. The molecule has 0 bridgehead atoms. The van der Waals surface area contributed by atoms with Crippen LogP contribution in [0.25, 0.3) is 0 Å². The molecular formula is C11H19N. The van der Waals surface area contributed by atoms with Gasteiger partial charge in [-0.15, -0.1) is 6.42 Å². The molecule has 1 aliphatic heterocycles. The Morgan fingerprint density at radius 1 is 1.42 bits per heavy atom. The molecule has 0 radical (unpaired) electrons. The third-order valence-corrected chi connectivity index (χ3v) is 2.83. The lowest BCUT2D eigenvalue weighted by Gasteiger charge is -2.16. The molecule has 1 fully saturated rings. The van der Waals surface area contributed by atoms with Crippen LogP contribution in [0.4, 0.5) is 0 Å². The van der Waals surface area contributed by atoms with Gasteiger partial charge in [-0.2, -0.15) is 0 Å². The smallest absolute Gasteiger partial charge is 0.0598 e. The highest BCUT2D eigenvalue weighted by molar-refractivity contribution is 4.88. The first-order chi connectivity index (χ1) is 5.86. The van der Waals surface area contributed by atoms with Crippen molar-refractivity contribution in [2.45, 2.75) is 32.6 Å². The summed E-state index contributed by atoms with van der Waals surface area (Å²) in [4.78, 5) is 2.40. The zero-order valence-corrected chi connectivity index (χ0v) is 8.05. The van der Waals surface area contributed by atoms with Gasteiger partial charge in [0, 0.05) is 0 Å². The lowest BCUT2D eigenvalue weighted by Crippen LogP contribution is -2.24. The summed E-state index contributed by atoms with van der Waals surface area (Å²) in [5, 5.41) is 0. The SMILES string of the molecule is C#CCN1CCCC(CC)CC1. The van der Waals surface area contributed by atoms with Crippen molar-refractivity contribution in [3.05, 3.63) is 0 Å². The predicted octanol–water partition coefficient (Wildman–Crippen LogP) is 2.13. The van der Waals surface area contributed by atoms with Crippen molar-refractivity contribution in [1.29, 1.82) is 0 Å². The number of nitrogens with zero attached hydrogens (tertiary/aromatic N) is 1. The van der Waals surface area contributed by atoms with E-state index in [1.165, 1.54) is 38.8 Å². The van der Waals surface area contributed by atoms with Gasteiger partial charge in [-0.3, -0.25) is 4.90 Å². The largest absolute Gasteiger partial charge is 0.292 e. The fraction of sp³-hybridized carbons (Fsp3) is 0.818. The Balaban J connectivity index is 2.30. The number of rotatable bonds is 2. The number of hydrogen-bond acceptors (Lipinski definition) is 1. The van der Waals surface area contributed by atoms with Gasteiger partial charge >= 0.3 is 0 Å². The Morgan fingerprint density at radius 2 is 2.25 bits per heavy atom. The van der Waals surface area contributed by atoms with Crippen molar-refractivity contribution in [2.75, 3.05) is 19.6 Å². The summed E-state index contributed by atoms with van der Waals surface area (Å²) in [6.45, 7) is 5.56. The summed E-state index contributed by atoms with van der Waals surface area (Å²) in [6, 6.07) is 0. The monoisotopic (exact) mass is 165 g/mol. The van der Waals surface area contributed by atoms with Crippen molar-refractivity contribution in [1.82, 2.24) is 4.90 Å². The van der Waals surface area contributed by atoms with Gasteiger partial charge in [-0.05, 0) is 38.3 Å². The van der Waals surface area contributed by atoms with E-state index in [1.54, 1.807) is 0 Å². The average molecular weight is 165 g/mol. The van der Waals surface area contributed by atoms with Crippen LogP contribution in [0.2, 0.25) is 0 Å². The molecule has 0 aromatic rings. The Morgan fingerprint density at radius 3 is 2.92 bits per heavy atom. The van der Waals surface area contributed by atoms with Crippen LogP contribution in [0.15, 0.2) is 0 Å². The Labute approximate surface area is 76.1 Å². The third kappa shape index (κ3) is 2.87. The lowest BCUT2D eigenvalue weighted by molar-refractivity contribution is 0.314. The molecule has 1 nitrogen and oxygen atoms in total. The minimum Gasteiger partial charge on any atom is -0.292 e. The van der Waals surface area contributed by atoms with E-state index < -0.39 is 0 Å². The van der Waals surface area contributed by atoms with Crippen LogP contribution in [0.5, 0.6) is 0 Å². The van der Waals surface area contributed by atoms with Crippen LogP contribution in [0.1, 0.15) is 32.6 Å². The molecule has 1 aliphatic rings. The van der Waals surface area contributed by atoms with E-state index in [9.17, 15) is 0 Å². The van der Waals surface area contributed by atoms with Crippen molar-refractivity contribution < 1.29 is 0 Å². The Kier molecular flexibility index (Phi) is 4.18. The molecule has 12 heavy (non-hydrogen) atoms. The van der Waals surface area contributed by atoms with E-state index >= 15 is 0 Å². The van der Waals surface area contributed by atoms with Crippen LogP contribution in [-0.4, -0.2) is 24.5 Å². The van der Waals surface area contributed by atoms with Crippen molar-refractivity contribution in [3.63, 3.8) is 0 Å². The second-order valence-corrected chi connectivity index (χ2v) is 3.69. The molecule has 0 aromatic heterocycles. The average Bonchev–Trinajstić information content (AvgIpc) is 2.31. The van der Waals surface area contributed by atoms with Crippen LogP contribution in [-0.2, 0) is 0 Å².